The molecule has 3 heterocycles. The third kappa shape index (κ3) is 3.44. The van der Waals surface area contributed by atoms with Crippen molar-refractivity contribution in [3.05, 3.63) is 29.6 Å². The van der Waals surface area contributed by atoms with E-state index in [2.05, 4.69) is 42.8 Å². The van der Waals surface area contributed by atoms with E-state index < -0.39 is 0 Å². The third-order valence-electron chi connectivity index (χ3n) is 8.29. The Balaban J connectivity index is 1.12. The van der Waals surface area contributed by atoms with Gasteiger partial charge in [0.1, 0.15) is 0 Å². The molecule has 0 N–H and O–H groups in total. The van der Waals surface area contributed by atoms with Gasteiger partial charge in [0.05, 0.1) is 13.0 Å². The van der Waals surface area contributed by atoms with E-state index in [-0.39, 0.29) is 22.7 Å². The normalized spacial score (nSPS) is 27.6. The van der Waals surface area contributed by atoms with Gasteiger partial charge in [0.25, 0.3) is 0 Å². The van der Waals surface area contributed by atoms with Crippen molar-refractivity contribution in [3.8, 4) is 0 Å². The molecule has 2 saturated carbocycles. The minimum absolute atomic E-state index is 0.0218. The Morgan fingerprint density at radius 1 is 1.13 bits per heavy atom. The molecule has 162 valence electrons. The van der Waals surface area contributed by atoms with Gasteiger partial charge in [0.15, 0.2) is 0 Å². The number of aromatic nitrogens is 1. The first-order valence-corrected chi connectivity index (χ1v) is 11.6. The number of carbonyl (C=O) groups is 2. The van der Waals surface area contributed by atoms with Crippen LogP contribution in [0.2, 0.25) is 0 Å². The lowest BCUT2D eigenvalue weighted by molar-refractivity contribution is -0.147. The maximum atomic E-state index is 12.9. The molecule has 2 aliphatic heterocycles. The minimum Gasteiger partial charge on any atom is -0.465 e. The number of amides is 1. The molecule has 4 aliphatic rings. The highest BCUT2D eigenvalue weighted by Gasteiger charge is 2.54. The third-order valence-corrected chi connectivity index (χ3v) is 8.29. The van der Waals surface area contributed by atoms with E-state index in [9.17, 15) is 9.59 Å². The second kappa shape index (κ2) is 6.80. The van der Waals surface area contributed by atoms with E-state index in [1.165, 1.54) is 24.1 Å². The Kier molecular flexibility index (Phi) is 4.53. The zero-order chi connectivity index (χ0) is 21.1. The lowest BCUT2D eigenvalue weighted by atomic mass is 9.55. The van der Waals surface area contributed by atoms with Gasteiger partial charge in [-0.15, -0.1) is 0 Å². The van der Waals surface area contributed by atoms with Crippen LogP contribution in [0, 0.1) is 16.7 Å². The number of rotatable bonds is 2. The van der Waals surface area contributed by atoms with Crippen LogP contribution in [-0.2, 0) is 19.7 Å². The number of nitrogens with zero attached hydrogens (tertiary/aromatic N) is 2. The summed E-state index contributed by atoms with van der Waals surface area (Å²) in [5.74, 6) is 0.969. The lowest BCUT2D eigenvalue weighted by Gasteiger charge is -2.53. The molecule has 5 rings (SSSR count). The van der Waals surface area contributed by atoms with Crippen LogP contribution in [0.25, 0.3) is 0 Å². The number of hydrogen-bond donors (Lipinski definition) is 0. The van der Waals surface area contributed by atoms with Gasteiger partial charge in [-0.1, -0.05) is 20.8 Å². The van der Waals surface area contributed by atoms with E-state index in [0.29, 0.717) is 30.3 Å². The average Bonchev–Trinajstić information content (AvgIpc) is 3.06. The zero-order valence-electron chi connectivity index (χ0n) is 18.6. The van der Waals surface area contributed by atoms with Gasteiger partial charge in [0.2, 0.25) is 5.91 Å². The predicted octanol–water partition coefficient (Wildman–Crippen LogP) is 4.21. The SMILES string of the molecule is CC(C)(C)c1cc(C2CC3(CCN(C(=O)C4CC5(COC(=O)C5)C4)CC3)C2)ccn1. The van der Waals surface area contributed by atoms with E-state index in [1.54, 1.807) is 0 Å². The molecule has 1 amide bonds. The maximum absolute atomic E-state index is 12.9. The second-order valence-corrected chi connectivity index (χ2v) is 11.6. The van der Waals surface area contributed by atoms with Gasteiger partial charge in [-0.05, 0) is 67.6 Å². The van der Waals surface area contributed by atoms with E-state index in [4.69, 9.17) is 4.74 Å². The summed E-state index contributed by atoms with van der Waals surface area (Å²) in [5, 5.41) is 0. The average molecular weight is 411 g/mol. The van der Waals surface area contributed by atoms with E-state index >= 15 is 0 Å². The Bertz CT molecular complexity index is 849. The van der Waals surface area contributed by atoms with Crippen LogP contribution in [-0.4, -0.2) is 41.5 Å². The van der Waals surface area contributed by atoms with Gasteiger partial charge in [-0.25, -0.2) is 0 Å². The number of pyridine rings is 1. The Morgan fingerprint density at radius 2 is 1.83 bits per heavy atom. The first kappa shape index (κ1) is 20.0. The summed E-state index contributed by atoms with van der Waals surface area (Å²) in [6, 6.07) is 4.50. The molecule has 5 heteroatoms. The zero-order valence-corrected chi connectivity index (χ0v) is 18.6. The highest BCUT2D eigenvalue weighted by molar-refractivity contribution is 5.81. The number of likely N-dealkylation sites (tertiary alicyclic amines) is 1. The summed E-state index contributed by atoms with van der Waals surface area (Å²) in [6.07, 6.45) is 8.89. The molecule has 0 aromatic carbocycles. The predicted molar refractivity (Wildman–Crippen MR) is 114 cm³/mol. The molecule has 0 unspecified atom stereocenters. The van der Waals surface area contributed by atoms with Gasteiger partial charge in [0, 0.05) is 41.7 Å². The summed E-state index contributed by atoms with van der Waals surface area (Å²) in [7, 11) is 0. The standard InChI is InChI=1S/C25H34N2O3/c1-23(2,3)20-10-17(4-7-26-20)18-11-24(12-18)5-8-27(9-6-24)22(29)19-13-25(14-19)15-21(28)30-16-25/h4,7,10,18-19H,5-6,8-9,11-16H2,1-3H3. The molecule has 30 heavy (non-hydrogen) atoms. The Hall–Kier alpha value is -1.91. The monoisotopic (exact) mass is 410 g/mol. The Morgan fingerprint density at radius 3 is 2.43 bits per heavy atom. The van der Waals surface area contributed by atoms with Crippen molar-refractivity contribution < 1.29 is 14.3 Å². The number of ether oxygens (including phenoxy) is 1. The summed E-state index contributed by atoms with van der Waals surface area (Å²) >= 11 is 0. The number of esters is 1. The summed E-state index contributed by atoms with van der Waals surface area (Å²) in [4.78, 5) is 31.0. The van der Waals surface area contributed by atoms with Gasteiger partial charge in [-0.2, -0.15) is 0 Å². The summed E-state index contributed by atoms with van der Waals surface area (Å²) in [5.41, 5.74) is 3.10. The van der Waals surface area contributed by atoms with Gasteiger partial charge < -0.3 is 9.64 Å². The fourth-order valence-electron chi connectivity index (χ4n) is 6.26. The van der Waals surface area contributed by atoms with E-state index in [1.807, 2.05) is 6.20 Å². The van der Waals surface area contributed by atoms with Crippen molar-refractivity contribution in [1.29, 1.82) is 0 Å². The van der Waals surface area contributed by atoms with Crippen molar-refractivity contribution in [2.24, 2.45) is 16.7 Å². The number of cyclic esters (lactones) is 1. The number of carbonyl (C=O) groups excluding carboxylic acids is 2. The van der Waals surface area contributed by atoms with Crippen LogP contribution in [0.1, 0.15) is 82.9 Å². The minimum atomic E-state index is -0.0934. The van der Waals surface area contributed by atoms with Crippen LogP contribution in [0.4, 0.5) is 0 Å². The fourth-order valence-corrected chi connectivity index (χ4v) is 6.26. The van der Waals surface area contributed by atoms with Crippen molar-refractivity contribution in [2.75, 3.05) is 19.7 Å². The Labute approximate surface area is 179 Å². The lowest BCUT2D eigenvalue weighted by Crippen LogP contribution is -2.52. The molecule has 5 nitrogen and oxygen atoms in total. The molecule has 0 radical (unpaired) electrons. The highest BCUT2D eigenvalue weighted by atomic mass is 16.5. The summed E-state index contributed by atoms with van der Waals surface area (Å²) < 4.78 is 5.14. The van der Waals surface area contributed by atoms with Gasteiger partial charge >= 0.3 is 5.97 Å². The molecule has 2 aliphatic carbocycles. The first-order valence-electron chi connectivity index (χ1n) is 11.6. The van der Waals surface area contributed by atoms with Crippen LogP contribution in [0.5, 0.6) is 0 Å². The summed E-state index contributed by atoms with van der Waals surface area (Å²) in [6.45, 7) is 8.97. The molecule has 1 aromatic rings. The van der Waals surface area contributed by atoms with Crippen molar-refractivity contribution in [1.82, 2.24) is 9.88 Å². The molecule has 0 atom stereocenters. The van der Waals surface area contributed by atoms with Crippen molar-refractivity contribution in [2.45, 2.75) is 77.0 Å². The van der Waals surface area contributed by atoms with Gasteiger partial charge in [-0.3, -0.25) is 14.6 Å². The molecule has 2 saturated heterocycles. The first-order chi connectivity index (χ1) is 14.2. The fraction of sp³-hybridized carbons (Fsp3) is 0.720. The van der Waals surface area contributed by atoms with Crippen LogP contribution in [0.15, 0.2) is 18.3 Å². The maximum Gasteiger partial charge on any atom is 0.306 e. The molecular formula is C25H34N2O3. The number of hydrogen-bond acceptors (Lipinski definition) is 4. The smallest absolute Gasteiger partial charge is 0.306 e. The molecule has 2 spiro atoms. The quantitative estimate of drug-likeness (QED) is 0.686. The second-order valence-electron chi connectivity index (χ2n) is 11.6. The topological polar surface area (TPSA) is 59.5 Å². The van der Waals surface area contributed by atoms with Crippen LogP contribution < -0.4 is 0 Å². The van der Waals surface area contributed by atoms with Crippen molar-refractivity contribution >= 4 is 11.9 Å². The van der Waals surface area contributed by atoms with Crippen LogP contribution >= 0.6 is 0 Å². The number of piperidine rings is 1. The molecule has 0 bridgehead atoms. The molecular weight excluding hydrogens is 376 g/mol. The van der Waals surface area contributed by atoms with E-state index in [0.717, 1.165) is 38.8 Å². The highest BCUT2D eigenvalue weighted by Crippen LogP contribution is 2.57. The largest absolute Gasteiger partial charge is 0.465 e. The van der Waals surface area contributed by atoms with Crippen LogP contribution in [0.3, 0.4) is 0 Å². The van der Waals surface area contributed by atoms with Crippen molar-refractivity contribution in [3.63, 3.8) is 0 Å². The molecule has 4 fully saturated rings. The molecule has 1 aromatic heterocycles.